The number of carbonyl (C=O) groups is 2. The molecule has 7 rings (SSSR count). The summed E-state index contributed by atoms with van der Waals surface area (Å²) in [5.41, 5.74) is -0.985. The van der Waals surface area contributed by atoms with E-state index in [0.717, 1.165) is 38.5 Å². The number of methoxy groups -OCH3 is 1. The average Bonchev–Trinajstić information content (AvgIpc) is 3.18. The molecule has 2 saturated heterocycles. The Hall–Kier alpha value is -1.56. The van der Waals surface area contributed by atoms with Gasteiger partial charge >= 0.3 is 5.97 Å². The Kier molecular flexibility index (Phi) is 11.3. The highest BCUT2D eigenvalue weighted by molar-refractivity contribution is 5.77. The van der Waals surface area contributed by atoms with E-state index < -0.39 is 84.3 Å². The number of allylic oxidation sites excluding steroid dienone is 2. The van der Waals surface area contributed by atoms with Crippen molar-refractivity contribution >= 4 is 12.3 Å². The Labute approximate surface area is 329 Å². The van der Waals surface area contributed by atoms with E-state index in [1.165, 1.54) is 19.0 Å². The number of hydrogen-bond donors (Lipinski definition) is 7. The lowest BCUT2D eigenvalue weighted by Gasteiger charge is -2.71. The van der Waals surface area contributed by atoms with Gasteiger partial charge in [-0.25, -0.2) is 0 Å². The zero-order valence-electron chi connectivity index (χ0n) is 33.8. The minimum Gasteiger partial charge on any atom is -0.469 e. The average molecular weight is 795 g/mol. The minimum absolute atomic E-state index is 0.0271. The second kappa shape index (κ2) is 14.9. The van der Waals surface area contributed by atoms with Crippen LogP contribution in [0.25, 0.3) is 0 Å². The molecule has 5 aliphatic carbocycles. The predicted molar refractivity (Wildman–Crippen MR) is 198 cm³/mol. The smallest absolute Gasteiger partial charge is 0.311 e. The molecule has 6 fully saturated rings. The molecule has 7 aliphatic rings. The quantitative estimate of drug-likeness (QED) is 0.0806. The maximum absolute atomic E-state index is 13.1. The molecule has 0 radical (unpaired) electrons. The van der Waals surface area contributed by atoms with Gasteiger partial charge in [0.25, 0.3) is 0 Å². The van der Waals surface area contributed by atoms with Crippen LogP contribution >= 0.6 is 0 Å². The van der Waals surface area contributed by atoms with Gasteiger partial charge in [-0.15, -0.1) is 0 Å². The van der Waals surface area contributed by atoms with Crippen molar-refractivity contribution in [3.05, 3.63) is 11.6 Å². The van der Waals surface area contributed by atoms with Crippen LogP contribution in [0.4, 0.5) is 0 Å². The summed E-state index contributed by atoms with van der Waals surface area (Å²) in [6.07, 6.45) is -2.72. The molecule has 0 bridgehead atoms. The Morgan fingerprint density at radius 1 is 0.857 bits per heavy atom. The number of aliphatic hydroxyl groups is 7. The number of carbonyl (C=O) groups excluding carboxylic acids is 2. The summed E-state index contributed by atoms with van der Waals surface area (Å²) in [5.74, 6) is 0.0920. The Morgan fingerprint density at radius 3 is 2.23 bits per heavy atom. The molecule has 4 saturated carbocycles. The lowest BCUT2D eigenvalue weighted by atomic mass is 9.33. The Morgan fingerprint density at radius 2 is 1.57 bits per heavy atom. The van der Waals surface area contributed by atoms with Crippen LogP contribution in [0.3, 0.4) is 0 Å². The zero-order valence-corrected chi connectivity index (χ0v) is 33.8. The SMILES string of the molecule is COC(=O)[C@@]1(C)CC[C@]2(C=O)CC[C@]3(C)C(=CC[C@@H]4[C@@]5(C)CC[C@H](O[C@@H]6OC[C@H](O)[C@H](O[C@@H]7O[C@H](CO)[C@@H](O)[C@H](O)[C@H]7O)[C@H]6O)[C@](C)(CO)C5CC[C@]43C)C2C1. The molecule has 19 atom stereocenters. The monoisotopic (exact) mass is 794 g/mol. The maximum atomic E-state index is 13.1. The fraction of sp³-hybridized carbons (Fsp3) is 0.905. The number of aldehydes is 1. The first-order chi connectivity index (χ1) is 26.3. The van der Waals surface area contributed by atoms with E-state index in [0.29, 0.717) is 25.7 Å². The highest BCUT2D eigenvalue weighted by Crippen LogP contribution is 2.75. The zero-order chi connectivity index (χ0) is 40.8. The van der Waals surface area contributed by atoms with Gasteiger partial charge in [0.15, 0.2) is 12.6 Å². The van der Waals surface area contributed by atoms with Crippen LogP contribution < -0.4 is 0 Å². The molecule has 2 aliphatic heterocycles. The van der Waals surface area contributed by atoms with Gasteiger partial charge in [0.05, 0.1) is 38.4 Å². The van der Waals surface area contributed by atoms with Crippen molar-refractivity contribution in [3.63, 3.8) is 0 Å². The second-order valence-electron chi connectivity index (χ2n) is 19.8. The number of fused-ring (bicyclic) bond motifs is 7. The summed E-state index contributed by atoms with van der Waals surface area (Å²) in [4.78, 5) is 26.0. The van der Waals surface area contributed by atoms with Gasteiger partial charge < -0.3 is 64.2 Å². The summed E-state index contributed by atoms with van der Waals surface area (Å²) < 4.78 is 29.0. The minimum atomic E-state index is -1.73. The van der Waals surface area contributed by atoms with E-state index >= 15 is 0 Å². The first kappa shape index (κ1) is 42.6. The van der Waals surface area contributed by atoms with Gasteiger partial charge in [-0.2, -0.15) is 0 Å². The van der Waals surface area contributed by atoms with Gasteiger partial charge in [-0.05, 0) is 105 Å². The van der Waals surface area contributed by atoms with Crippen molar-refractivity contribution in [2.45, 2.75) is 160 Å². The molecule has 2 unspecified atom stereocenters. The van der Waals surface area contributed by atoms with E-state index in [2.05, 4.69) is 33.8 Å². The lowest BCUT2D eigenvalue weighted by Crippen LogP contribution is -2.66. The topological polar surface area (TPSA) is 222 Å². The molecule has 0 amide bonds. The standard InChI is InChI=1S/C42H66O14/c1-37(36(51)52-6)13-15-42(21-45)16-14-40(4)22(23(42)17-37)7-8-27-38(2)11-10-28(39(3,20-44)26(38)9-12-41(27,40)5)55-34-32(50)33(24(46)19-53-34)56-35-31(49)30(48)29(47)25(18-43)54-35/h7,21,23-35,43-44,46-50H,8-20H2,1-6H3/t23?,24-,25+,26?,27+,28-,29+,30-,31+,32+,33-,34-,35-,37-,38-,39+,40+,41+,42+/m0/s1. The van der Waals surface area contributed by atoms with Crippen molar-refractivity contribution in [2.24, 2.45) is 50.2 Å². The van der Waals surface area contributed by atoms with Crippen LogP contribution in [0.5, 0.6) is 0 Å². The third-order valence-electron chi connectivity index (χ3n) is 17.3. The maximum Gasteiger partial charge on any atom is 0.311 e. The highest BCUT2D eigenvalue weighted by Gasteiger charge is 2.69. The number of esters is 1. The van der Waals surface area contributed by atoms with Gasteiger partial charge in [-0.3, -0.25) is 4.79 Å². The molecule has 0 aromatic carbocycles. The first-order valence-electron chi connectivity index (χ1n) is 20.8. The Balaban J connectivity index is 1.11. The van der Waals surface area contributed by atoms with E-state index in [9.17, 15) is 45.3 Å². The fourth-order valence-electron chi connectivity index (χ4n) is 13.6. The molecule has 7 N–H and O–H groups in total. The van der Waals surface area contributed by atoms with Crippen LogP contribution in [0.15, 0.2) is 11.6 Å². The summed E-state index contributed by atoms with van der Waals surface area (Å²) in [6.45, 7) is 10.1. The summed E-state index contributed by atoms with van der Waals surface area (Å²) in [7, 11) is 1.44. The summed E-state index contributed by atoms with van der Waals surface area (Å²) >= 11 is 0. The van der Waals surface area contributed by atoms with E-state index in [1.54, 1.807) is 0 Å². The first-order valence-corrected chi connectivity index (χ1v) is 20.8. The summed E-state index contributed by atoms with van der Waals surface area (Å²) in [5, 5.41) is 74.2. The molecule has 318 valence electrons. The van der Waals surface area contributed by atoms with Gasteiger partial charge in [-0.1, -0.05) is 39.3 Å². The second-order valence-corrected chi connectivity index (χ2v) is 19.8. The molecule has 0 spiro atoms. The van der Waals surface area contributed by atoms with Crippen LogP contribution in [-0.2, 0) is 33.3 Å². The van der Waals surface area contributed by atoms with Gasteiger partial charge in [0.1, 0.15) is 49.0 Å². The third-order valence-corrected chi connectivity index (χ3v) is 17.3. The molecule has 0 aromatic heterocycles. The fourth-order valence-corrected chi connectivity index (χ4v) is 13.6. The van der Waals surface area contributed by atoms with Crippen molar-refractivity contribution in [2.75, 3.05) is 26.9 Å². The molecule has 0 aromatic rings. The number of ether oxygens (including phenoxy) is 5. The molecular formula is C42H66O14. The van der Waals surface area contributed by atoms with Gasteiger partial charge in [0.2, 0.25) is 0 Å². The third kappa shape index (κ3) is 6.13. The van der Waals surface area contributed by atoms with E-state index in [-0.39, 0.29) is 53.2 Å². The van der Waals surface area contributed by atoms with Crippen molar-refractivity contribution in [3.8, 4) is 0 Å². The van der Waals surface area contributed by atoms with E-state index in [4.69, 9.17) is 23.7 Å². The van der Waals surface area contributed by atoms with Crippen LogP contribution in [0.2, 0.25) is 0 Å². The van der Waals surface area contributed by atoms with Crippen LogP contribution in [-0.4, -0.2) is 136 Å². The van der Waals surface area contributed by atoms with Crippen LogP contribution in [0, 0.1) is 50.2 Å². The number of hydrogen-bond acceptors (Lipinski definition) is 14. The lowest BCUT2D eigenvalue weighted by molar-refractivity contribution is -0.358. The number of aliphatic hydroxyl groups excluding tert-OH is 7. The van der Waals surface area contributed by atoms with Crippen LogP contribution in [0.1, 0.15) is 98.8 Å². The van der Waals surface area contributed by atoms with Crippen molar-refractivity contribution in [1.82, 2.24) is 0 Å². The largest absolute Gasteiger partial charge is 0.469 e. The predicted octanol–water partition coefficient (Wildman–Crippen LogP) is 1.76. The molecule has 56 heavy (non-hydrogen) atoms. The molecule has 2 heterocycles. The molecule has 14 nitrogen and oxygen atoms in total. The Bertz CT molecular complexity index is 1520. The number of rotatable bonds is 8. The van der Waals surface area contributed by atoms with Crippen molar-refractivity contribution in [1.29, 1.82) is 0 Å². The van der Waals surface area contributed by atoms with Crippen molar-refractivity contribution < 1.29 is 69.0 Å². The molecule has 14 heteroatoms. The highest BCUT2D eigenvalue weighted by atomic mass is 16.7. The normalized spacial score (nSPS) is 54.4. The van der Waals surface area contributed by atoms with E-state index in [1.807, 2.05) is 6.92 Å². The van der Waals surface area contributed by atoms with Gasteiger partial charge in [0, 0.05) is 10.8 Å². The summed E-state index contributed by atoms with van der Waals surface area (Å²) in [6, 6.07) is 0. The molecular weight excluding hydrogens is 728 g/mol.